The van der Waals surface area contributed by atoms with Crippen molar-refractivity contribution in [2.24, 2.45) is 5.92 Å². The summed E-state index contributed by atoms with van der Waals surface area (Å²) >= 11 is 0. The van der Waals surface area contributed by atoms with Gasteiger partial charge in [-0.3, -0.25) is 10.3 Å². The molecule has 2 N–H and O–H groups in total. The molecule has 0 bridgehead atoms. The second-order valence-corrected chi connectivity index (χ2v) is 7.05. The third kappa shape index (κ3) is 4.24. The molecule has 0 spiro atoms. The third-order valence-electron chi connectivity index (χ3n) is 5.24. The Kier molecular flexibility index (Phi) is 6.77. The van der Waals surface area contributed by atoms with Crippen LogP contribution < -0.4 is 25.1 Å². The van der Waals surface area contributed by atoms with Gasteiger partial charge in [0.15, 0.2) is 11.5 Å². The number of ether oxygens (including phenoxy) is 3. The molecule has 1 aromatic carbocycles. The Balaban J connectivity index is 1.75. The van der Waals surface area contributed by atoms with Crippen LogP contribution in [0.1, 0.15) is 24.4 Å². The van der Waals surface area contributed by atoms with E-state index < -0.39 is 0 Å². The third-order valence-corrected chi connectivity index (χ3v) is 5.24. The minimum atomic E-state index is 0.141. The van der Waals surface area contributed by atoms with Crippen LogP contribution in [0.3, 0.4) is 0 Å². The minimum absolute atomic E-state index is 0.141. The molecule has 0 aliphatic carbocycles. The highest BCUT2D eigenvalue weighted by molar-refractivity contribution is 5.54. The van der Waals surface area contributed by atoms with Crippen LogP contribution in [0.15, 0.2) is 24.5 Å². The number of methoxy groups -OCH3 is 3. The predicted octanol–water partition coefficient (Wildman–Crippen LogP) is 1.83. The summed E-state index contributed by atoms with van der Waals surface area (Å²) in [7, 11) is 7.04. The highest BCUT2D eigenvalue weighted by Gasteiger charge is 2.31. The minimum Gasteiger partial charge on any atom is -0.493 e. The number of imidazole rings is 1. The molecule has 2 atom stereocenters. The van der Waals surface area contributed by atoms with Crippen molar-refractivity contribution in [1.82, 2.24) is 25.3 Å². The van der Waals surface area contributed by atoms with E-state index in [2.05, 4.69) is 39.3 Å². The van der Waals surface area contributed by atoms with Gasteiger partial charge in [0.05, 0.1) is 33.9 Å². The summed E-state index contributed by atoms with van der Waals surface area (Å²) in [4.78, 5) is 6.80. The van der Waals surface area contributed by atoms with Crippen molar-refractivity contribution < 1.29 is 14.2 Å². The van der Waals surface area contributed by atoms with Crippen LogP contribution in [0.25, 0.3) is 0 Å². The van der Waals surface area contributed by atoms with Gasteiger partial charge in [0, 0.05) is 37.9 Å². The van der Waals surface area contributed by atoms with E-state index in [9.17, 15) is 0 Å². The Bertz CT molecular complexity index is 754. The normalized spacial score (nSPS) is 19.2. The van der Waals surface area contributed by atoms with Gasteiger partial charge in [0.2, 0.25) is 5.75 Å². The number of nitrogens with zero attached hydrogens (tertiary/aromatic N) is 3. The molecule has 1 aliphatic heterocycles. The zero-order valence-electron chi connectivity index (χ0n) is 17.4. The number of hydrogen-bond donors (Lipinski definition) is 2. The monoisotopic (exact) mass is 389 g/mol. The van der Waals surface area contributed by atoms with Gasteiger partial charge < -0.3 is 18.8 Å². The Morgan fingerprint density at radius 3 is 2.50 bits per heavy atom. The fraction of sp³-hybridized carbons (Fsp3) is 0.550. The van der Waals surface area contributed by atoms with E-state index in [0.717, 1.165) is 37.6 Å². The Labute approximate surface area is 166 Å². The van der Waals surface area contributed by atoms with E-state index in [1.54, 1.807) is 21.3 Å². The summed E-state index contributed by atoms with van der Waals surface area (Å²) in [5.74, 6) is 3.43. The fourth-order valence-corrected chi connectivity index (χ4v) is 3.83. The van der Waals surface area contributed by atoms with Crippen molar-refractivity contribution >= 4 is 0 Å². The summed E-state index contributed by atoms with van der Waals surface area (Å²) in [5.41, 5.74) is 7.81. The van der Waals surface area contributed by atoms with Gasteiger partial charge in [-0.15, -0.1) is 0 Å². The molecule has 8 heteroatoms. The van der Waals surface area contributed by atoms with Gasteiger partial charge in [-0.2, -0.15) is 0 Å². The summed E-state index contributed by atoms with van der Waals surface area (Å²) < 4.78 is 18.7. The Morgan fingerprint density at radius 2 is 1.89 bits per heavy atom. The SMILES string of the molecule is CCn1ccnc1CN(C)CC1CNNC1c1cc(OC)c(OC)c(OC)c1. The maximum atomic E-state index is 5.52. The molecule has 2 aromatic rings. The average molecular weight is 390 g/mol. The van der Waals surface area contributed by atoms with Crippen LogP contribution >= 0.6 is 0 Å². The highest BCUT2D eigenvalue weighted by Crippen LogP contribution is 2.41. The van der Waals surface area contributed by atoms with Gasteiger partial charge in [-0.1, -0.05) is 0 Å². The molecule has 1 saturated heterocycles. The molecule has 28 heavy (non-hydrogen) atoms. The van der Waals surface area contributed by atoms with Gasteiger partial charge >= 0.3 is 0 Å². The molecule has 0 saturated carbocycles. The van der Waals surface area contributed by atoms with Crippen LogP contribution in [0.4, 0.5) is 0 Å². The molecular formula is C20H31N5O3. The van der Waals surface area contributed by atoms with E-state index in [-0.39, 0.29) is 6.04 Å². The van der Waals surface area contributed by atoms with Crippen molar-refractivity contribution in [1.29, 1.82) is 0 Å². The number of rotatable bonds is 9. The zero-order valence-corrected chi connectivity index (χ0v) is 17.4. The lowest BCUT2D eigenvalue weighted by Crippen LogP contribution is -2.31. The van der Waals surface area contributed by atoms with E-state index in [1.165, 1.54) is 0 Å². The van der Waals surface area contributed by atoms with Gasteiger partial charge in [0.25, 0.3) is 0 Å². The average Bonchev–Trinajstić information content (AvgIpc) is 3.35. The van der Waals surface area contributed by atoms with Gasteiger partial charge in [-0.05, 0) is 31.7 Å². The Morgan fingerprint density at radius 1 is 1.18 bits per heavy atom. The largest absolute Gasteiger partial charge is 0.493 e. The van der Waals surface area contributed by atoms with Crippen LogP contribution in [-0.2, 0) is 13.1 Å². The topological polar surface area (TPSA) is 72.8 Å². The molecule has 1 fully saturated rings. The second-order valence-electron chi connectivity index (χ2n) is 7.05. The summed E-state index contributed by atoms with van der Waals surface area (Å²) in [6.07, 6.45) is 3.89. The maximum Gasteiger partial charge on any atom is 0.203 e. The van der Waals surface area contributed by atoms with E-state index >= 15 is 0 Å². The summed E-state index contributed by atoms with van der Waals surface area (Å²) in [6.45, 7) is 5.70. The first-order valence-electron chi connectivity index (χ1n) is 9.58. The van der Waals surface area contributed by atoms with E-state index in [4.69, 9.17) is 14.2 Å². The van der Waals surface area contributed by atoms with Crippen LogP contribution in [0.2, 0.25) is 0 Å². The van der Waals surface area contributed by atoms with Crippen LogP contribution in [-0.4, -0.2) is 55.9 Å². The number of hydrogen-bond acceptors (Lipinski definition) is 7. The maximum absolute atomic E-state index is 5.52. The lowest BCUT2D eigenvalue weighted by atomic mass is 9.94. The zero-order chi connectivity index (χ0) is 20.1. The standard InChI is InChI=1S/C20H31N5O3/c1-6-25-8-7-21-18(25)13-24(2)12-15-11-22-23-19(15)14-9-16(26-3)20(28-5)17(10-14)27-4/h7-10,15,19,22-23H,6,11-13H2,1-5H3. The number of benzene rings is 1. The number of nitrogens with one attached hydrogen (secondary N) is 2. The van der Waals surface area contributed by atoms with Crippen molar-refractivity contribution in [2.75, 3.05) is 41.5 Å². The fourth-order valence-electron chi connectivity index (χ4n) is 3.83. The summed E-state index contributed by atoms with van der Waals surface area (Å²) in [6, 6.07) is 4.17. The van der Waals surface area contributed by atoms with Crippen molar-refractivity contribution in [3.63, 3.8) is 0 Å². The van der Waals surface area contributed by atoms with E-state index in [1.807, 2.05) is 24.5 Å². The number of hydrazine groups is 1. The lowest BCUT2D eigenvalue weighted by Gasteiger charge is -2.25. The molecule has 1 aromatic heterocycles. The molecule has 0 radical (unpaired) electrons. The van der Waals surface area contributed by atoms with Crippen molar-refractivity contribution in [3.8, 4) is 17.2 Å². The Hall–Kier alpha value is -2.29. The lowest BCUT2D eigenvalue weighted by molar-refractivity contribution is 0.253. The van der Waals surface area contributed by atoms with E-state index in [0.29, 0.717) is 23.2 Å². The summed E-state index contributed by atoms with van der Waals surface area (Å²) in [5, 5.41) is 0. The quantitative estimate of drug-likeness (QED) is 0.678. The first-order chi connectivity index (χ1) is 13.6. The van der Waals surface area contributed by atoms with Crippen molar-refractivity contribution in [2.45, 2.75) is 26.1 Å². The van der Waals surface area contributed by atoms with Gasteiger partial charge in [0.1, 0.15) is 5.82 Å². The second kappa shape index (κ2) is 9.27. The molecule has 2 heterocycles. The van der Waals surface area contributed by atoms with Crippen LogP contribution in [0, 0.1) is 5.92 Å². The highest BCUT2D eigenvalue weighted by atomic mass is 16.5. The molecule has 154 valence electrons. The molecule has 1 aliphatic rings. The number of aromatic nitrogens is 2. The predicted molar refractivity (Wildman–Crippen MR) is 108 cm³/mol. The number of aryl methyl sites for hydroxylation is 1. The molecule has 8 nitrogen and oxygen atoms in total. The molecule has 2 unspecified atom stereocenters. The first-order valence-corrected chi connectivity index (χ1v) is 9.58. The molecular weight excluding hydrogens is 358 g/mol. The first kappa shape index (κ1) is 20.4. The molecule has 3 rings (SSSR count). The van der Waals surface area contributed by atoms with Crippen LogP contribution in [0.5, 0.6) is 17.2 Å². The van der Waals surface area contributed by atoms with Gasteiger partial charge in [-0.25, -0.2) is 10.4 Å². The molecule has 0 amide bonds. The van der Waals surface area contributed by atoms with Crippen molar-refractivity contribution in [3.05, 3.63) is 35.9 Å². The smallest absolute Gasteiger partial charge is 0.203 e.